The van der Waals surface area contributed by atoms with E-state index in [1.807, 2.05) is 0 Å². The van der Waals surface area contributed by atoms with Crippen LogP contribution < -0.4 is 0 Å². The summed E-state index contributed by atoms with van der Waals surface area (Å²) in [5.41, 5.74) is 2.20. The van der Waals surface area contributed by atoms with E-state index in [1.54, 1.807) is 36.5 Å². The zero-order valence-corrected chi connectivity index (χ0v) is 10.7. The molecule has 21 heavy (non-hydrogen) atoms. The molecule has 5 heteroatoms. The first kappa shape index (κ1) is 11.7. The highest BCUT2D eigenvalue weighted by atomic mass is 16.6. The number of benzene rings is 2. The molecule has 0 atom stereocenters. The Hall–Kier alpha value is -3.08. The maximum absolute atomic E-state index is 12.5. The first-order valence-electron chi connectivity index (χ1n) is 6.38. The van der Waals surface area contributed by atoms with Crippen molar-refractivity contribution in [2.45, 2.75) is 0 Å². The fourth-order valence-electron chi connectivity index (χ4n) is 2.84. The van der Waals surface area contributed by atoms with Crippen LogP contribution in [-0.2, 0) is 0 Å². The summed E-state index contributed by atoms with van der Waals surface area (Å²) < 4.78 is 0. The van der Waals surface area contributed by atoms with Crippen molar-refractivity contribution in [3.05, 3.63) is 69.9 Å². The number of fused-ring (bicyclic) bond motifs is 2. The number of aromatic nitrogens is 1. The average molecular weight is 276 g/mol. The zero-order chi connectivity index (χ0) is 14.6. The van der Waals surface area contributed by atoms with Gasteiger partial charge in [0.05, 0.1) is 10.6 Å². The number of rotatable bonds is 1. The maximum atomic E-state index is 12.5. The highest BCUT2D eigenvalue weighted by Crippen LogP contribution is 2.40. The molecule has 1 aliphatic rings. The van der Waals surface area contributed by atoms with E-state index in [1.165, 1.54) is 12.1 Å². The highest BCUT2D eigenvalue weighted by Gasteiger charge is 2.27. The van der Waals surface area contributed by atoms with E-state index in [0.29, 0.717) is 27.8 Å². The van der Waals surface area contributed by atoms with Gasteiger partial charge in [-0.15, -0.1) is 0 Å². The summed E-state index contributed by atoms with van der Waals surface area (Å²) >= 11 is 0. The predicted molar refractivity (Wildman–Crippen MR) is 77.3 cm³/mol. The summed E-state index contributed by atoms with van der Waals surface area (Å²) in [4.78, 5) is 27.5. The summed E-state index contributed by atoms with van der Waals surface area (Å²) in [6, 6.07) is 11.6. The molecule has 5 nitrogen and oxygen atoms in total. The third-order valence-electron chi connectivity index (χ3n) is 3.72. The number of ketones is 1. The van der Waals surface area contributed by atoms with Crippen LogP contribution in [0.1, 0.15) is 15.9 Å². The van der Waals surface area contributed by atoms with Crippen molar-refractivity contribution in [2.24, 2.45) is 0 Å². The van der Waals surface area contributed by atoms with Crippen molar-refractivity contribution in [1.82, 2.24) is 4.98 Å². The van der Waals surface area contributed by atoms with E-state index in [9.17, 15) is 14.9 Å². The van der Waals surface area contributed by atoms with Crippen LogP contribution in [0.2, 0.25) is 0 Å². The van der Waals surface area contributed by atoms with Gasteiger partial charge in [0.25, 0.3) is 5.69 Å². The zero-order valence-electron chi connectivity index (χ0n) is 10.7. The summed E-state index contributed by atoms with van der Waals surface area (Å²) in [5.74, 6) is -0.0925. The number of carbonyl (C=O) groups is 1. The number of nitro groups is 1. The van der Waals surface area contributed by atoms with Crippen molar-refractivity contribution in [3.8, 4) is 11.3 Å². The summed E-state index contributed by atoms with van der Waals surface area (Å²) in [6.07, 6.45) is 1.59. The number of non-ortho nitro benzene ring substituents is 1. The third kappa shape index (κ3) is 1.51. The Bertz CT molecular complexity index is 947. The van der Waals surface area contributed by atoms with Crippen LogP contribution in [0.5, 0.6) is 0 Å². The molecule has 1 aromatic heterocycles. The van der Waals surface area contributed by atoms with E-state index in [0.717, 1.165) is 5.39 Å². The Morgan fingerprint density at radius 3 is 2.62 bits per heavy atom. The molecule has 4 rings (SSSR count). The monoisotopic (exact) mass is 276 g/mol. The van der Waals surface area contributed by atoms with E-state index in [-0.39, 0.29) is 11.5 Å². The minimum Gasteiger partial charge on any atom is -0.289 e. The van der Waals surface area contributed by atoms with Crippen molar-refractivity contribution in [3.63, 3.8) is 0 Å². The van der Waals surface area contributed by atoms with E-state index >= 15 is 0 Å². The van der Waals surface area contributed by atoms with Gasteiger partial charge in [-0.1, -0.05) is 18.2 Å². The van der Waals surface area contributed by atoms with Gasteiger partial charge in [0.15, 0.2) is 5.78 Å². The quantitative estimate of drug-likeness (QED) is 0.394. The van der Waals surface area contributed by atoms with E-state index in [4.69, 9.17) is 0 Å². The second-order valence-electron chi connectivity index (χ2n) is 4.88. The molecule has 0 bridgehead atoms. The molecule has 0 amide bonds. The molecule has 0 fully saturated rings. The average Bonchev–Trinajstić information content (AvgIpc) is 2.51. The molecule has 100 valence electrons. The Labute approximate surface area is 119 Å². The number of hydrogen-bond donors (Lipinski definition) is 0. The first-order valence-corrected chi connectivity index (χ1v) is 6.38. The normalized spacial score (nSPS) is 12.3. The SMILES string of the molecule is O=C1c2cccnc2-c2cc([N+](=O)[O-])cc3cccc1c23. The molecule has 0 N–H and O–H groups in total. The minimum atomic E-state index is -0.429. The number of nitrogens with zero attached hydrogens (tertiary/aromatic N) is 2. The Morgan fingerprint density at radius 2 is 1.81 bits per heavy atom. The summed E-state index contributed by atoms with van der Waals surface area (Å²) in [6.45, 7) is 0. The molecule has 0 saturated carbocycles. The fraction of sp³-hybridized carbons (Fsp3) is 0. The van der Waals surface area contributed by atoms with Gasteiger partial charge in [-0.25, -0.2) is 0 Å². The molecule has 0 radical (unpaired) electrons. The topological polar surface area (TPSA) is 73.1 Å². The van der Waals surface area contributed by atoms with E-state index in [2.05, 4.69) is 4.98 Å². The van der Waals surface area contributed by atoms with Gasteiger partial charge >= 0.3 is 0 Å². The van der Waals surface area contributed by atoms with Crippen molar-refractivity contribution in [2.75, 3.05) is 0 Å². The van der Waals surface area contributed by atoms with Crippen molar-refractivity contribution < 1.29 is 9.72 Å². The lowest BCUT2D eigenvalue weighted by atomic mass is 9.85. The van der Waals surface area contributed by atoms with Gasteiger partial charge in [0.2, 0.25) is 0 Å². The summed E-state index contributed by atoms with van der Waals surface area (Å²) in [5, 5.41) is 12.5. The smallest absolute Gasteiger partial charge is 0.270 e. The van der Waals surface area contributed by atoms with Gasteiger partial charge in [-0.05, 0) is 17.5 Å². The molecule has 0 aliphatic heterocycles. The van der Waals surface area contributed by atoms with Crippen LogP contribution in [-0.4, -0.2) is 15.7 Å². The van der Waals surface area contributed by atoms with Crippen LogP contribution in [0.15, 0.2) is 48.7 Å². The molecule has 2 aromatic carbocycles. The molecular weight excluding hydrogens is 268 g/mol. The van der Waals surface area contributed by atoms with E-state index < -0.39 is 4.92 Å². The van der Waals surface area contributed by atoms with Gasteiger partial charge in [0.1, 0.15) is 0 Å². The predicted octanol–water partition coefficient (Wildman–Crippen LogP) is 3.35. The lowest BCUT2D eigenvalue weighted by Crippen LogP contribution is -2.11. The lowest BCUT2D eigenvalue weighted by Gasteiger charge is -2.18. The van der Waals surface area contributed by atoms with Crippen LogP contribution >= 0.6 is 0 Å². The molecule has 0 unspecified atom stereocenters. The molecule has 1 heterocycles. The molecular formula is C16H8N2O3. The largest absolute Gasteiger partial charge is 0.289 e. The van der Waals surface area contributed by atoms with Gasteiger partial charge in [0, 0.05) is 40.4 Å². The van der Waals surface area contributed by atoms with Crippen LogP contribution in [0.25, 0.3) is 22.0 Å². The molecule has 3 aromatic rings. The fourth-order valence-corrected chi connectivity index (χ4v) is 2.84. The standard InChI is InChI=1S/C16H8N2O3/c19-16-11-4-1-3-9-7-10(18(20)21)8-13(14(9)11)15-12(16)5-2-6-17-15/h1-8H. The van der Waals surface area contributed by atoms with Crippen molar-refractivity contribution >= 4 is 22.2 Å². The Kier molecular flexibility index (Phi) is 2.21. The number of pyridine rings is 1. The maximum Gasteiger partial charge on any atom is 0.270 e. The molecule has 1 aliphatic carbocycles. The molecule has 0 saturated heterocycles. The van der Waals surface area contributed by atoms with Crippen LogP contribution in [0.3, 0.4) is 0 Å². The van der Waals surface area contributed by atoms with Gasteiger partial charge in [-0.2, -0.15) is 0 Å². The lowest BCUT2D eigenvalue weighted by molar-refractivity contribution is -0.384. The third-order valence-corrected chi connectivity index (χ3v) is 3.72. The van der Waals surface area contributed by atoms with Gasteiger partial charge in [-0.3, -0.25) is 19.9 Å². The first-order chi connectivity index (χ1) is 10.2. The highest BCUT2D eigenvalue weighted by molar-refractivity contribution is 6.25. The van der Waals surface area contributed by atoms with Crippen LogP contribution in [0, 0.1) is 10.1 Å². The Morgan fingerprint density at radius 1 is 1.00 bits per heavy atom. The van der Waals surface area contributed by atoms with Crippen LogP contribution in [0.4, 0.5) is 5.69 Å². The van der Waals surface area contributed by atoms with Crippen molar-refractivity contribution in [1.29, 1.82) is 0 Å². The number of carbonyl (C=O) groups excluding carboxylic acids is 1. The molecule has 0 spiro atoms. The summed E-state index contributed by atoms with van der Waals surface area (Å²) in [7, 11) is 0. The Balaban J connectivity index is 2.23. The number of hydrogen-bond acceptors (Lipinski definition) is 4. The second kappa shape index (κ2) is 3.96. The second-order valence-corrected chi connectivity index (χ2v) is 4.88. The van der Waals surface area contributed by atoms with Gasteiger partial charge < -0.3 is 0 Å². The number of nitro benzene ring substituents is 1. The minimum absolute atomic E-state index is 0.000557.